The summed E-state index contributed by atoms with van der Waals surface area (Å²) in [5, 5.41) is 0. The molecule has 120 valence electrons. The second-order valence-electron chi connectivity index (χ2n) is 6.67. The summed E-state index contributed by atoms with van der Waals surface area (Å²) in [5.41, 5.74) is 1.29. The average Bonchev–Trinajstić information content (AvgIpc) is 2.85. The highest BCUT2D eigenvalue weighted by atomic mass is 16.2. The molecule has 3 rings (SSSR count). The first kappa shape index (κ1) is 15.5. The first-order valence-electron chi connectivity index (χ1n) is 8.73. The second kappa shape index (κ2) is 7.73. The number of likely N-dealkylation sites (tertiary alicyclic amines) is 2. The van der Waals surface area contributed by atoms with Crippen LogP contribution in [-0.4, -0.2) is 46.9 Å². The summed E-state index contributed by atoms with van der Waals surface area (Å²) in [6.45, 7) is 4.90. The van der Waals surface area contributed by atoms with Crippen LogP contribution in [-0.2, 0) is 11.3 Å². The van der Waals surface area contributed by atoms with Crippen molar-refractivity contribution >= 4 is 5.91 Å². The first-order chi connectivity index (χ1) is 10.8. The molecule has 2 aliphatic heterocycles. The lowest BCUT2D eigenvalue weighted by atomic mass is 9.96. The third kappa shape index (κ3) is 4.07. The molecule has 2 aliphatic rings. The molecule has 1 atom stereocenters. The Bertz CT molecular complexity index is 468. The fourth-order valence-electron chi connectivity index (χ4n) is 3.70. The van der Waals surface area contributed by atoms with Gasteiger partial charge < -0.3 is 4.90 Å². The molecule has 0 radical (unpaired) electrons. The van der Waals surface area contributed by atoms with Crippen molar-refractivity contribution in [2.24, 2.45) is 5.92 Å². The van der Waals surface area contributed by atoms with Crippen LogP contribution in [0.4, 0.5) is 0 Å². The molecule has 1 amide bonds. The standard InChI is InChI=1S/C18H27N3O/c22-18(21-12-3-1-2-4-13-21)17-6-5-11-20(15-17)14-16-7-9-19-10-8-16/h7-10,17H,1-6,11-15H2/t17-/m1/s1. The maximum Gasteiger partial charge on any atom is 0.226 e. The van der Waals surface area contributed by atoms with E-state index < -0.39 is 0 Å². The summed E-state index contributed by atoms with van der Waals surface area (Å²) in [7, 11) is 0. The number of rotatable bonds is 3. The summed E-state index contributed by atoms with van der Waals surface area (Å²) < 4.78 is 0. The van der Waals surface area contributed by atoms with E-state index in [9.17, 15) is 4.79 Å². The van der Waals surface area contributed by atoms with Gasteiger partial charge in [-0.1, -0.05) is 12.8 Å². The van der Waals surface area contributed by atoms with Crippen LogP contribution >= 0.6 is 0 Å². The Hall–Kier alpha value is -1.42. The van der Waals surface area contributed by atoms with Gasteiger partial charge in [0.1, 0.15) is 0 Å². The molecule has 0 bridgehead atoms. The molecule has 0 spiro atoms. The largest absolute Gasteiger partial charge is 0.342 e. The Morgan fingerprint density at radius 3 is 2.50 bits per heavy atom. The van der Waals surface area contributed by atoms with Crippen molar-refractivity contribution in [3.05, 3.63) is 30.1 Å². The van der Waals surface area contributed by atoms with Crippen LogP contribution in [0.3, 0.4) is 0 Å². The van der Waals surface area contributed by atoms with Crippen LogP contribution in [0.15, 0.2) is 24.5 Å². The molecule has 1 aromatic rings. The molecule has 0 N–H and O–H groups in total. The minimum atomic E-state index is 0.202. The van der Waals surface area contributed by atoms with Crippen LogP contribution in [0.5, 0.6) is 0 Å². The van der Waals surface area contributed by atoms with Crippen molar-refractivity contribution in [3.63, 3.8) is 0 Å². The van der Waals surface area contributed by atoms with Crippen LogP contribution in [0.25, 0.3) is 0 Å². The van der Waals surface area contributed by atoms with Crippen molar-refractivity contribution in [1.29, 1.82) is 0 Å². The van der Waals surface area contributed by atoms with Gasteiger partial charge in [0.05, 0.1) is 5.92 Å². The van der Waals surface area contributed by atoms with Gasteiger partial charge in [-0.05, 0) is 49.9 Å². The molecule has 1 aromatic heterocycles. The zero-order valence-corrected chi connectivity index (χ0v) is 13.4. The fraction of sp³-hybridized carbons (Fsp3) is 0.667. The predicted octanol–water partition coefficient (Wildman–Crippen LogP) is 2.70. The number of carbonyl (C=O) groups is 1. The smallest absolute Gasteiger partial charge is 0.226 e. The van der Waals surface area contributed by atoms with Crippen molar-refractivity contribution in [3.8, 4) is 0 Å². The van der Waals surface area contributed by atoms with Gasteiger partial charge in [0.2, 0.25) is 5.91 Å². The van der Waals surface area contributed by atoms with Crippen molar-refractivity contribution in [1.82, 2.24) is 14.8 Å². The molecule has 22 heavy (non-hydrogen) atoms. The average molecular weight is 301 g/mol. The van der Waals surface area contributed by atoms with Crippen LogP contribution < -0.4 is 0 Å². The molecule has 2 fully saturated rings. The van der Waals surface area contributed by atoms with E-state index in [2.05, 4.69) is 26.9 Å². The third-order valence-electron chi connectivity index (χ3n) is 4.93. The highest BCUT2D eigenvalue weighted by Gasteiger charge is 2.29. The number of carbonyl (C=O) groups excluding carboxylic acids is 1. The summed E-state index contributed by atoms with van der Waals surface area (Å²) in [5.74, 6) is 0.606. The monoisotopic (exact) mass is 301 g/mol. The van der Waals surface area contributed by atoms with Crippen LogP contribution in [0, 0.1) is 5.92 Å². The van der Waals surface area contributed by atoms with E-state index >= 15 is 0 Å². The maximum atomic E-state index is 12.8. The van der Waals surface area contributed by atoms with Crippen molar-refractivity contribution < 1.29 is 4.79 Å². The molecule has 4 nitrogen and oxygen atoms in total. The van der Waals surface area contributed by atoms with Gasteiger partial charge in [-0.15, -0.1) is 0 Å². The van der Waals surface area contributed by atoms with Gasteiger partial charge in [0.15, 0.2) is 0 Å². The summed E-state index contributed by atoms with van der Waals surface area (Å²) >= 11 is 0. The van der Waals surface area contributed by atoms with Gasteiger partial charge in [-0.3, -0.25) is 14.7 Å². The van der Waals surface area contributed by atoms with E-state index in [-0.39, 0.29) is 5.92 Å². The van der Waals surface area contributed by atoms with E-state index in [1.165, 1.54) is 31.2 Å². The number of pyridine rings is 1. The van der Waals surface area contributed by atoms with Gasteiger partial charge in [0, 0.05) is 38.6 Å². The first-order valence-corrected chi connectivity index (χ1v) is 8.73. The maximum absolute atomic E-state index is 12.8. The van der Waals surface area contributed by atoms with Gasteiger partial charge in [0.25, 0.3) is 0 Å². The van der Waals surface area contributed by atoms with Crippen molar-refractivity contribution in [2.75, 3.05) is 26.2 Å². The Labute approximate surface area is 133 Å². The minimum Gasteiger partial charge on any atom is -0.342 e. The predicted molar refractivity (Wildman–Crippen MR) is 87.3 cm³/mol. The minimum absolute atomic E-state index is 0.202. The molecule has 0 aromatic carbocycles. The molecule has 0 saturated carbocycles. The van der Waals surface area contributed by atoms with E-state index in [4.69, 9.17) is 0 Å². The molecular formula is C18H27N3O. The van der Waals surface area contributed by atoms with Crippen LogP contribution in [0.2, 0.25) is 0 Å². The molecule has 2 saturated heterocycles. The molecule has 0 aliphatic carbocycles. The zero-order valence-electron chi connectivity index (χ0n) is 13.4. The number of piperidine rings is 1. The molecule has 4 heteroatoms. The number of hydrogen-bond donors (Lipinski definition) is 0. The lowest BCUT2D eigenvalue weighted by molar-refractivity contribution is -0.137. The highest BCUT2D eigenvalue weighted by Crippen LogP contribution is 2.22. The fourth-order valence-corrected chi connectivity index (χ4v) is 3.70. The summed E-state index contributed by atoms with van der Waals surface area (Å²) in [6.07, 6.45) is 10.8. The SMILES string of the molecule is O=C([C@@H]1CCCN(Cc2ccncc2)C1)N1CCCCCC1. The Morgan fingerprint density at radius 1 is 1.05 bits per heavy atom. The lowest BCUT2D eigenvalue weighted by Crippen LogP contribution is -2.44. The Kier molecular flexibility index (Phi) is 5.43. The second-order valence-corrected chi connectivity index (χ2v) is 6.67. The van der Waals surface area contributed by atoms with E-state index in [1.54, 1.807) is 0 Å². The third-order valence-corrected chi connectivity index (χ3v) is 4.93. The Balaban J connectivity index is 1.56. The highest BCUT2D eigenvalue weighted by molar-refractivity contribution is 5.79. The van der Waals surface area contributed by atoms with Gasteiger partial charge >= 0.3 is 0 Å². The van der Waals surface area contributed by atoms with E-state index in [1.807, 2.05) is 12.4 Å². The van der Waals surface area contributed by atoms with Gasteiger partial charge in [-0.25, -0.2) is 0 Å². The number of aromatic nitrogens is 1. The zero-order chi connectivity index (χ0) is 15.2. The lowest BCUT2D eigenvalue weighted by Gasteiger charge is -2.34. The molecule has 0 unspecified atom stereocenters. The number of nitrogens with zero attached hydrogens (tertiary/aromatic N) is 3. The summed E-state index contributed by atoms with van der Waals surface area (Å²) in [4.78, 5) is 21.4. The number of hydrogen-bond acceptors (Lipinski definition) is 3. The number of amides is 1. The Morgan fingerprint density at radius 2 is 1.77 bits per heavy atom. The summed E-state index contributed by atoms with van der Waals surface area (Å²) in [6, 6.07) is 4.14. The quantitative estimate of drug-likeness (QED) is 0.861. The topological polar surface area (TPSA) is 36.4 Å². The van der Waals surface area contributed by atoms with E-state index in [0.29, 0.717) is 5.91 Å². The normalized spacial score (nSPS) is 24.0. The van der Waals surface area contributed by atoms with Crippen molar-refractivity contribution in [2.45, 2.75) is 45.1 Å². The molecular weight excluding hydrogens is 274 g/mol. The van der Waals surface area contributed by atoms with Gasteiger partial charge in [-0.2, -0.15) is 0 Å². The van der Waals surface area contributed by atoms with Crippen LogP contribution in [0.1, 0.15) is 44.1 Å². The molecule has 3 heterocycles. The van der Waals surface area contributed by atoms with E-state index in [0.717, 1.165) is 45.6 Å².